The van der Waals surface area contributed by atoms with E-state index in [1.54, 1.807) is 13.1 Å². The topological polar surface area (TPSA) is 63.6 Å². The largest absolute Gasteiger partial charge is 0.486 e. The van der Waals surface area contributed by atoms with Gasteiger partial charge in [-0.15, -0.1) is 0 Å². The van der Waals surface area contributed by atoms with Crippen LogP contribution >= 0.6 is 0 Å². The maximum absolute atomic E-state index is 9.55. The van der Waals surface area contributed by atoms with Gasteiger partial charge in [0, 0.05) is 18.7 Å². The number of nitrogens with zero attached hydrogens (tertiary/aromatic N) is 1. The Kier molecular flexibility index (Phi) is 4.38. The zero-order chi connectivity index (χ0) is 13.0. The molecule has 0 fully saturated rings. The van der Waals surface area contributed by atoms with Gasteiger partial charge in [0.2, 0.25) is 0 Å². The lowest BCUT2D eigenvalue weighted by molar-refractivity contribution is 0.141. The molecule has 18 heavy (non-hydrogen) atoms. The molecule has 0 amide bonds. The van der Waals surface area contributed by atoms with Crippen molar-refractivity contribution in [3.63, 3.8) is 0 Å². The normalized spacial score (nSPS) is 17.3. The number of pyridine rings is 1. The molecule has 0 bridgehead atoms. The fraction of sp³-hybridized carbons (Fsp3) is 0.615. The lowest BCUT2D eigenvalue weighted by Crippen LogP contribution is -2.37. The third-order valence-electron chi connectivity index (χ3n) is 3.05. The van der Waals surface area contributed by atoms with Crippen LogP contribution < -0.4 is 14.8 Å². The van der Waals surface area contributed by atoms with E-state index in [2.05, 4.69) is 10.3 Å². The smallest absolute Gasteiger partial charge is 0.179 e. The third kappa shape index (κ3) is 3.11. The van der Waals surface area contributed by atoms with Crippen LogP contribution in [0, 0.1) is 0 Å². The predicted molar refractivity (Wildman–Crippen MR) is 67.8 cm³/mol. The Morgan fingerprint density at radius 3 is 2.78 bits per heavy atom. The lowest BCUT2D eigenvalue weighted by Gasteiger charge is -2.21. The number of rotatable bonds is 5. The molecule has 0 saturated heterocycles. The zero-order valence-corrected chi connectivity index (χ0v) is 10.8. The Labute approximate surface area is 107 Å². The van der Waals surface area contributed by atoms with Gasteiger partial charge in [0.25, 0.3) is 0 Å². The highest BCUT2D eigenvalue weighted by Gasteiger charge is 2.15. The van der Waals surface area contributed by atoms with E-state index >= 15 is 0 Å². The molecule has 1 aliphatic rings. The van der Waals surface area contributed by atoms with Crippen molar-refractivity contribution in [3.05, 3.63) is 18.0 Å². The van der Waals surface area contributed by atoms with E-state index in [1.165, 1.54) is 0 Å². The number of fused-ring (bicyclic) bond motifs is 1. The van der Waals surface area contributed by atoms with Crippen LogP contribution in [0.25, 0.3) is 0 Å². The Balaban J connectivity index is 1.97. The fourth-order valence-electron chi connectivity index (χ4n) is 1.98. The van der Waals surface area contributed by atoms with Gasteiger partial charge in [-0.05, 0) is 13.3 Å². The third-order valence-corrected chi connectivity index (χ3v) is 3.05. The van der Waals surface area contributed by atoms with Crippen LogP contribution in [0.1, 0.15) is 26.0 Å². The number of ether oxygens (including phenoxy) is 2. The minimum absolute atomic E-state index is 0.0833. The van der Waals surface area contributed by atoms with Gasteiger partial charge in [-0.2, -0.15) is 0 Å². The van der Waals surface area contributed by atoms with Crippen molar-refractivity contribution in [2.75, 3.05) is 13.2 Å². The van der Waals surface area contributed by atoms with Gasteiger partial charge in [-0.25, -0.2) is 0 Å². The number of aliphatic hydroxyl groups excluding tert-OH is 1. The summed E-state index contributed by atoms with van der Waals surface area (Å²) >= 11 is 0. The van der Waals surface area contributed by atoms with Gasteiger partial charge in [-0.3, -0.25) is 4.98 Å². The number of hydrogen-bond acceptors (Lipinski definition) is 5. The molecule has 0 saturated carbocycles. The first-order valence-electron chi connectivity index (χ1n) is 6.36. The standard InChI is InChI=1S/C13H20N2O3/c1-3-11(9(2)16)15-7-10-6-12-13(8-14-10)18-5-4-17-12/h6,8-9,11,15-16H,3-5,7H2,1-2H3/t9-,11-/m1/s1. The van der Waals surface area contributed by atoms with E-state index in [-0.39, 0.29) is 12.1 Å². The molecule has 2 rings (SSSR count). The van der Waals surface area contributed by atoms with Gasteiger partial charge < -0.3 is 19.9 Å². The number of hydrogen-bond donors (Lipinski definition) is 2. The van der Waals surface area contributed by atoms with Crippen molar-refractivity contribution in [1.29, 1.82) is 0 Å². The fourth-order valence-corrected chi connectivity index (χ4v) is 1.98. The molecule has 0 radical (unpaired) electrons. The summed E-state index contributed by atoms with van der Waals surface area (Å²) in [5.41, 5.74) is 0.887. The zero-order valence-electron chi connectivity index (χ0n) is 10.8. The summed E-state index contributed by atoms with van der Waals surface area (Å²) in [5, 5.41) is 12.8. The Bertz CT molecular complexity index is 396. The molecule has 5 nitrogen and oxygen atoms in total. The molecule has 1 aromatic rings. The second-order valence-electron chi connectivity index (χ2n) is 4.46. The van der Waals surface area contributed by atoms with Crippen LogP contribution in [0.4, 0.5) is 0 Å². The van der Waals surface area contributed by atoms with E-state index in [9.17, 15) is 5.11 Å². The van der Waals surface area contributed by atoms with Gasteiger partial charge in [-0.1, -0.05) is 6.92 Å². The van der Waals surface area contributed by atoms with Crippen molar-refractivity contribution < 1.29 is 14.6 Å². The number of aromatic nitrogens is 1. The van der Waals surface area contributed by atoms with E-state index in [0.717, 1.165) is 17.9 Å². The average molecular weight is 252 g/mol. The molecule has 0 aliphatic carbocycles. The van der Waals surface area contributed by atoms with Crippen LogP contribution in [0.5, 0.6) is 11.5 Å². The summed E-state index contributed by atoms with van der Waals surface area (Å²) in [6.07, 6.45) is 2.20. The molecule has 2 N–H and O–H groups in total. The second-order valence-corrected chi connectivity index (χ2v) is 4.46. The molecule has 1 aromatic heterocycles. The summed E-state index contributed by atoms with van der Waals surface area (Å²) in [6.45, 7) is 5.60. The first-order valence-corrected chi connectivity index (χ1v) is 6.36. The second kappa shape index (κ2) is 6.02. The van der Waals surface area contributed by atoms with Crippen molar-refractivity contribution in [2.24, 2.45) is 0 Å². The first kappa shape index (κ1) is 13.1. The summed E-state index contributed by atoms with van der Waals surface area (Å²) in [7, 11) is 0. The summed E-state index contributed by atoms with van der Waals surface area (Å²) in [6, 6.07) is 1.97. The van der Waals surface area contributed by atoms with Crippen LogP contribution in [0.3, 0.4) is 0 Å². The number of aliphatic hydroxyl groups is 1. The maximum atomic E-state index is 9.55. The van der Waals surface area contributed by atoms with Crippen LogP contribution in [0.15, 0.2) is 12.3 Å². The van der Waals surface area contributed by atoms with E-state index in [1.807, 2.05) is 13.0 Å². The van der Waals surface area contributed by atoms with Crippen molar-refractivity contribution in [1.82, 2.24) is 10.3 Å². The molecule has 0 aromatic carbocycles. The first-order chi connectivity index (χ1) is 8.70. The van der Waals surface area contributed by atoms with Crippen molar-refractivity contribution >= 4 is 0 Å². The monoisotopic (exact) mass is 252 g/mol. The molecular weight excluding hydrogens is 232 g/mol. The molecule has 0 spiro atoms. The summed E-state index contributed by atoms with van der Waals surface area (Å²) in [5.74, 6) is 1.45. The maximum Gasteiger partial charge on any atom is 0.179 e. The van der Waals surface area contributed by atoms with Gasteiger partial charge in [0.05, 0.1) is 18.0 Å². The molecule has 2 atom stereocenters. The van der Waals surface area contributed by atoms with Crippen molar-refractivity contribution in [2.45, 2.75) is 39.0 Å². The highest BCUT2D eigenvalue weighted by atomic mass is 16.6. The van der Waals surface area contributed by atoms with Gasteiger partial charge >= 0.3 is 0 Å². The van der Waals surface area contributed by atoms with Gasteiger partial charge in [0.15, 0.2) is 11.5 Å². The Hall–Kier alpha value is -1.33. The molecule has 100 valence electrons. The van der Waals surface area contributed by atoms with E-state index in [0.29, 0.717) is 25.5 Å². The summed E-state index contributed by atoms with van der Waals surface area (Å²) < 4.78 is 10.9. The quantitative estimate of drug-likeness (QED) is 0.821. The highest BCUT2D eigenvalue weighted by Crippen LogP contribution is 2.29. The van der Waals surface area contributed by atoms with Crippen molar-refractivity contribution in [3.8, 4) is 11.5 Å². The highest BCUT2D eigenvalue weighted by molar-refractivity contribution is 5.39. The van der Waals surface area contributed by atoms with E-state index in [4.69, 9.17) is 9.47 Å². The number of nitrogens with one attached hydrogen (secondary N) is 1. The average Bonchev–Trinajstić information content (AvgIpc) is 2.39. The predicted octanol–water partition coefficient (Wildman–Crippen LogP) is 1.10. The molecule has 0 unspecified atom stereocenters. The Morgan fingerprint density at radius 2 is 2.11 bits per heavy atom. The minimum atomic E-state index is -0.368. The van der Waals surface area contributed by atoms with Crippen LogP contribution in [0.2, 0.25) is 0 Å². The minimum Gasteiger partial charge on any atom is -0.486 e. The lowest BCUT2D eigenvalue weighted by atomic mass is 10.1. The summed E-state index contributed by atoms with van der Waals surface area (Å²) in [4.78, 5) is 4.31. The molecule has 2 heterocycles. The SMILES string of the molecule is CC[C@@H](NCc1cc2c(cn1)OCCO2)[C@@H](C)O. The van der Waals surface area contributed by atoms with Crippen LogP contribution in [-0.2, 0) is 6.54 Å². The Morgan fingerprint density at radius 1 is 1.39 bits per heavy atom. The van der Waals surface area contributed by atoms with Crippen LogP contribution in [-0.4, -0.2) is 35.5 Å². The van der Waals surface area contributed by atoms with Gasteiger partial charge in [0.1, 0.15) is 13.2 Å². The van der Waals surface area contributed by atoms with E-state index < -0.39 is 0 Å². The molecular formula is C13H20N2O3. The molecule has 5 heteroatoms. The molecule has 1 aliphatic heterocycles.